The topological polar surface area (TPSA) is 135 Å². The van der Waals surface area contributed by atoms with Crippen molar-refractivity contribution >= 4 is 40.6 Å². The van der Waals surface area contributed by atoms with Crippen molar-refractivity contribution in [3.63, 3.8) is 0 Å². The molecule has 0 heterocycles. The maximum Gasteiger partial charge on any atom is 0.407 e. The number of hydrogen-bond acceptors (Lipinski definition) is 7. The highest BCUT2D eigenvalue weighted by atomic mass is 32.2. The molecular formula is C24H38N4O6S. The first-order chi connectivity index (χ1) is 16.5. The van der Waals surface area contributed by atoms with Gasteiger partial charge < -0.3 is 20.1 Å². The van der Waals surface area contributed by atoms with Crippen molar-refractivity contribution in [1.29, 1.82) is 0 Å². The number of ether oxygens (including phenoxy) is 2. The minimum Gasteiger partial charge on any atom is -0.444 e. The zero-order valence-electron chi connectivity index (χ0n) is 21.2. The summed E-state index contributed by atoms with van der Waals surface area (Å²) < 4.78 is 10.8. The van der Waals surface area contributed by atoms with Crippen LogP contribution in [-0.2, 0) is 25.5 Å². The zero-order chi connectivity index (χ0) is 26.3. The predicted octanol–water partition coefficient (Wildman–Crippen LogP) is 3.76. The second-order valence-corrected chi connectivity index (χ2v) is 9.73. The van der Waals surface area contributed by atoms with Crippen LogP contribution in [0.15, 0.2) is 24.3 Å². The third kappa shape index (κ3) is 14.3. The number of amides is 4. The van der Waals surface area contributed by atoms with Gasteiger partial charge in [0.05, 0.1) is 24.8 Å². The molecule has 10 nitrogen and oxygen atoms in total. The number of para-hydroxylation sites is 1. The molecule has 0 saturated carbocycles. The molecule has 0 fully saturated rings. The van der Waals surface area contributed by atoms with Gasteiger partial charge in [-0.3, -0.25) is 25.2 Å². The van der Waals surface area contributed by atoms with Gasteiger partial charge >= 0.3 is 6.09 Å². The van der Waals surface area contributed by atoms with E-state index in [1.807, 2.05) is 32.0 Å². The average molecular weight is 511 g/mol. The highest BCUT2D eigenvalue weighted by molar-refractivity contribution is 8.14. The molecule has 1 atom stereocenters. The van der Waals surface area contributed by atoms with E-state index in [9.17, 15) is 19.2 Å². The Hall–Kier alpha value is -2.79. The van der Waals surface area contributed by atoms with Crippen molar-refractivity contribution in [2.24, 2.45) is 0 Å². The summed E-state index contributed by atoms with van der Waals surface area (Å²) in [6, 6.07) is 6.80. The summed E-state index contributed by atoms with van der Waals surface area (Å²) in [6.07, 6.45) is 1.78. The van der Waals surface area contributed by atoms with Crippen LogP contribution in [0.2, 0.25) is 0 Å². The van der Waals surface area contributed by atoms with Gasteiger partial charge in [-0.2, -0.15) is 0 Å². The van der Waals surface area contributed by atoms with Gasteiger partial charge in [-0.1, -0.05) is 50.2 Å². The number of carbonyl (C=O) groups excluding carboxylic acids is 4. The van der Waals surface area contributed by atoms with E-state index >= 15 is 0 Å². The minimum absolute atomic E-state index is 0.117. The van der Waals surface area contributed by atoms with Crippen LogP contribution in [-0.4, -0.2) is 53.8 Å². The first-order valence-corrected chi connectivity index (χ1v) is 12.7. The van der Waals surface area contributed by atoms with E-state index in [-0.39, 0.29) is 24.7 Å². The Morgan fingerprint density at radius 1 is 1.03 bits per heavy atom. The van der Waals surface area contributed by atoms with Gasteiger partial charge in [0.2, 0.25) is 11.8 Å². The second-order valence-electron chi connectivity index (χ2n) is 8.78. The number of alkyl carbamates (subject to hydrolysis) is 1. The van der Waals surface area contributed by atoms with E-state index in [0.717, 1.165) is 36.6 Å². The summed E-state index contributed by atoms with van der Waals surface area (Å²) in [4.78, 5) is 48.6. The zero-order valence-corrected chi connectivity index (χ0v) is 22.0. The molecule has 0 saturated heterocycles. The van der Waals surface area contributed by atoms with Crippen LogP contribution in [0.5, 0.6) is 0 Å². The van der Waals surface area contributed by atoms with Gasteiger partial charge in [0.25, 0.3) is 5.24 Å². The molecule has 0 aliphatic carbocycles. The van der Waals surface area contributed by atoms with Crippen LogP contribution in [0.3, 0.4) is 0 Å². The van der Waals surface area contributed by atoms with Crippen molar-refractivity contribution in [3.8, 4) is 0 Å². The number of rotatable bonds is 12. The molecule has 0 radical (unpaired) electrons. The summed E-state index contributed by atoms with van der Waals surface area (Å²) in [5.74, 6) is -0.975. The second kappa shape index (κ2) is 16.0. The number of carbonyl (C=O) groups is 4. The summed E-state index contributed by atoms with van der Waals surface area (Å²) in [5.41, 5.74) is 5.57. The number of benzene rings is 1. The van der Waals surface area contributed by atoms with Crippen LogP contribution in [0.4, 0.5) is 15.3 Å². The number of unbranched alkanes of at least 4 members (excludes halogenated alkanes) is 1. The molecule has 0 aliphatic heterocycles. The number of hydrogen-bond donors (Lipinski definition) is 4. The Kier molecular flexibility index (Phi) is 13.8. The van der Waals surface area contributed by atoms with Crippen LogP contribution in [0.1, 0.15) is 59.4 Å². The molecule has 1 aromatic rings. The predicted molar refractivity (Wildman–Crippen MR) is 137 cm³/mol. The fraction of sp³-hybridized carbons (Fsp3) is 0.583. The van der Waals surface area contributed by atoms with E-state index in [0.29, 0.717) is 12.3 Å². The molecule has 0 bridgehead atoms. The molecule has 1 aromatic carbocycles. The Balaban J connectivity index is 2.46. The lowest BCUT2D eigenvalue weighted by atomic mass is 10.1. The van der Waals surface area contributed by atoms with Crippen molar-refractivity contribution < 1.29 is 28.7 Å². The Morgan fingerprint density at radius 3 is 2.40 bits per heavy atom. The summed E-state index contributed by atoms with van der Waals surface area (Å²) in [6.45, 7) is 9.85. The number of aryl methyl sites for hydroxylation is 1. The molecular weight excluding hydrogens is 472 g/mol. The molecule has 0 unspecified atom stereocenters. The fourth-order valence-electron chi connectivity index (χ4n) is 2.80. The number of hydrazine groups is 1. The monoisotopic (exact) mass is 510 g/mol. The third-order valence-corrected chi connectivity index (χ3v) is 5.20. The fourth-order valence-corrected chi connectivity index (χ4v) is 3.25. The van der Waals surface area contributed by atoms with E-state index in [2.05, 4.69) is 21.5 Å². The number of anilines is 1. The summed E-state index contributed by atoms with van der Waals surface area (Å²) >= 11 is 0.723. The Bertz CT molecular complexity index is 844. The standard InChI is InChI=1S/C24H38N4O6S/c1-6-8-13-33-15-18(25-22(31)34-24(3,4)5)14-20(29)27-28-23(32)35-16-21(30)26-19-12-10-9-11-17(19)7-2/h9-12,18H,6-8,13-16H2,1-5H3,(H,25,31)(H,26,30)(H,27,29)(H,28,32)/t18-/m0/s1. The molecule has 0 spiro atoms. The van der Waals surface area contributed by atoms with Crippen molar-refractivity contribution in [2.45, 2.75) is 71.9 Å². The van der Waals surface area contributed by atoms with Crippen LogP contribution >= 0.6 is 11.8 Å². The smallest absolute Gasteiger partial charge is 0.407 e. The highest BCUT2D eigenvalue weighted by Gasteiger charge is 2.22. The van der Waals surface area contributed by atoms with Crippen LogP contribution < -0.4 is 21.5 Å². The SMILES string of the molecule is CCCCOC[C@H](CC(=O)NNC(=O)SCC(=O)Nc1ccccc1CC)NC(=O)OC(C)(C)C. The largest absolute Gasteiger partial charge is 0.444 e. The normalized spacial score (nSPS) is 11.8. The first-order valence-electron chi connectivity index (χ1n) is 11.7. The minimum atomic E-state index is -0.684. The van der Waals surface area contributed by atoms with Gasteiger partial charge in [-0.15, -0.1) is 0 Å². The van der Waals surface area contributed by atoms with Gasteiger partial charge in [-0.05, 0) is 45.2 Å². The van der Waals surface area contributed by atoms with Gasteiger partial charge in [0.15, 0.2) is 0 Å². The van der Waals surface area contributed by atoms with Crippen molar-refractivity contribution in [3.05, 3.63) is 29.8 Å². The molecule has 11 heteroatoms. The van der Waals surface area contributed by atoms with Crippen molar-refractivity contribution in [1.82, 2.24) is 16.2 Å². The van der Waals surface area contributed by atoms with Gasteiger partial charge in [-0.25, -0.2) is 4.79 Å². The molecule has 0 aliphatic rings. The quantitative estimate of drug-likeness (QED) is 0.248. The average Bonchev–Trinajstić information content (AvgIpc) is 2.78. The first kappa shape index (κ1) is 30.2. The molecule has 0 aromatic heterocycles. The maximum absolute atomic E-state index is 12.3. The molecule has 4 N–H and O–H groups in total. The number of nitrogens with one attached hydrogen (secondary N) is 4. The molecule has 4 amide bonds. The molecule has 196 valence electrons. The lowest BCUT2D eigenvalue weighted by Crippen LogP contribution is -2.47. The van der Waals surface area contributed by atoms with E-state index in [4.69, 9.17) is 9.47 Å². The maximum atomic E-state index is 12.3. The van der Waals surface area contributed by atoms with Gasteiger partial charge in [0, 0.05) is 12.3 Å². The van der Waals surface area contributed by atoms with Crippen LogP contribution in [0, 0.1) is 0 Å². The lowest BCUT2D eigenvalue weighted by molar-refractivity contribution is -0.122. The van der Waals surface area contributed by atoms with E-state index < -0.39 is 28.9 Å². The summed E-state index contributed by atoms with van der Waals surface area (Å²) in [7, 11) is 0. The van der Waals surface area contributed by atoms with E-state index in [1.165, 1.54) is 0 Å². The molecule has 35 heavy (non-hydrogen) atoms. The Morgan fingerprint density at radius 2 is 1.74 bits per heavy atom. The highest BCUT2D eigenvalue weighted by Crippen LogP contribution is 2.16. The lowest BCUT2D eigenvalue weighted by Gasteiger charge is -2.23. The molecule has 1 rings (SSSR count). The van der Waals surface area contributed by atoms with E-state index in [1.54, 1.807) is 26.8 Å². The third-order valence-electron chi connectivity index (χ3n) is 4.42. The summed E-state index contributed by atoms with van der Waals surface area (Å²) in [5, 5.41) is 4.81. The van der Waals surface area contributed by atoms with Crippen molar-refractivity contribution in [2.75, 3.05) is 24.3 Å². The Labute approximate surface area is 211 Å². The van der Waals surface area contributed by atoms with Gasteiger partial charge in [0.1, 0.15) is 5.60 Å². The number of thioether (sulfide) groups is 1. The van der Waals surface area contributed by atoms with Crippen LogP contribution in [0.25, 0.3) is 0 Å².